The Balaban J connectivity index is 2.26. The molecule has 0 aromatic rings. The fraction of sp³-hybridized carbons (Fsp3) is 1.00. The van der Waals surface area contributed by atoms with Crippen molar-refractivity contribution in [1.82, 2.24) is 0 Å². The highest BCUT2D eigenvalue weighted by Crippen LogP contribution is 2.28. The topological polar surface area (TPSA) is 35.5 Å². The Bertz CT molecular complexity index is 105. The van der Waals surface area contributed by atoms with E-state index in [0.717, 1.165) is 6.42 Å². The molecule has 1 fully saturated rings. The van der Waals surface area contributed by atoms with E-state index in [1.54, 1.807) is 0 Å². The molecule has 0 amide bonds. The van der Waals surface area contributed by atoms with E-state index in [4.69, 9.17) is 9.26 Å². The van der Waals surface area contributed by atoms with Crippen LogP contribution in [0.4, 0.5) is 0 Å². The molecule has 0 spiro atoms. The van der Waals surface area contributed by atoms with Crippen LogP contribution in [0.25, 0.3) is 0 Å². The SMILES string of the molecule is CC[C@H]1CO[P+](=O)CO1. The molecule has 1 aliphatic rings. The van der Waals surface area contributed by atoms with Gasteiger partial charge in [0, 0.05) is 0 Å². The summed E-state index contributed by atoms with van der Waals surface area (Å²) in [5, 5.41) is 0. The van der Waals surface area contributed by atoms with Crippen LogP contribution >= 0.6 is 8.03 Å². The van der Waals surface area contributed by atoms with Crippen molar-refractivity contribution in [2.75, 3.05) is 13.0 Å². The molecule has 0 bridgehead atoms. The van der Waals surface area contributed by atoms with Gasteiger partial charge in [-0.1, -0.05) is 6.92 Å². The highest BCUT2D eigenvalue weighted by atomic mass is 31.1. The minimum atomic E-state index is -1.50. The van der Waals surface area contributed by atoms with Gasteiger partial charge in [0.1, 0.15) is 6.61 Å². The molecule has 0 aromatic carbocycles. The number of hydrogen-bond acceptors (Lipinski definition) is 3. The summed E-state index contributed by atoms with van der Waals surface area (Å²) < 4.78 is 20.5. The van der Waals surface area contributed by atoms with Gasteiger partial charge in [-0.05, 0) is 11.0 Å². The van der Waals surface area contributed by atoms with Gasteiger partial charge in [0.05, 0.1) is 6.10 Å². The molecule has 9 heavy (non-hydrogen) atoms. The fourth-order valence-electron chi connectivity index (χ4n) is 0.654. The van der Waals surface area contributed by atoms with E-state index in [0.29, 0.717) is 6.61 Å². The van der Waals surface area contributed by atoms with Gasteiger partial charge in [0.15, 0.2) is 0 Å². The quantitative estimate of drug-likeness (QED) is 0.530. The summed E-state index contributed by atoms with van der Waals surface area (Å²) in [6, 6.07) is 0. The summed E-state index contributed by atoms with van der Waals surface area (Å²) in [5.41, 5.74) is 0. The minimum absolute atomic E-state index is 0.165. The average molecular weight is 149 g/mol. The zero-order chi connectivity index (χ0) is 6.69. The largest absolute Gasteiger partial charge is 0.537 e. The lowest BCUT2D eigenvalue weighted by atomic mass is 10.3. The van der Waals surface area contributed by atoms with Gasteiger partial charge in [-0.15, -0.1) is 4.52 Å². The van der Waals surface area contributed by atoms with Gasteiger partial charge >= 0.3 is 8.03 Å². The van der Waals surface area contributed by atoms with Crippen molar-refractivity contribution in [2.45, 2.75) is 19.4 Å². The smallest absolute Gasteiger partial charge is 0.329 e. The Labute approximate surface area is 55.2 Å². The molecule has 0 aliphatic carbocycles. The van der Waals surface area contributed by atoms with E-state index in [1.165, 1.54) is 0 Å². The number of rotatable bonds is 1. The summed E-state index contributed by atoms with van der Waals surface area (Å²) in [4.78, 5) is 0. The standard InChI is InChI=1S/C5H10O3P/c1-2-5-3-8-9(6)4-7-5/h5H,2-4H2,1H3/q+1/t5-/m0/s1. The second kappa shape index (κ2) is 3.25. The molecule has 4 heteroatoms. The lowest BCUT2D eigenvalue weighted by Crippen LogP contribution is -2.21. The van der Waals surface area contributed by atoms with Crippen LogP contribution in [0.2, 0.25) is 0 Å². The van der Waals surface area contributed by atoms with Crippen LogP contribution in [0.3, 0.4) is 0 Å². The fourth-order valence-corrected chi connectivity index (χ4v) is 1.39. The Morgan fingerprint density at radius 1 is 1.78 bits per heavy atom. The first-order valence-electron chi connectivity index (χ1n) is 3.02. The van der Waals surface area contributed by atoms with Gasteiger partial charge in [-0.25, -0.2) is 0 Å². The number of ether oxygens (including phenoxy) is 1. The van der Waals surface area contributed by atoms with E-state index in [-0.39, 0.29) is 12.5 Å². The maximum absolute atomic E-state index is 10.5. The predicted octanol–water partition coefficient (Wildman–Crippen LogP) is 1.51. The van der Waals surface area contributed by atoms with Gasteiger partial charge in [0.25, 0.3) is 6.35 Å². The lowest BCUT2D eigenvalue weighted by molar-refractivity contribution is 0.0170. The molecular weight excluding hydrogens is 139 g/mol. The molecule has 0 aromatic heterocycles. The summed E-state index contributed by atoms with van der Waals surface area (Å²) >= 11 is 0. The second-order valence-corrected chi connectivity index (χ2v) is 3.14. The maximum atomic E-state index is 10.5. The highest BCUT2D eigenvalue weighted by Gasteiger charge is 2.28. The molecule has 0 N–H and O–H groups in total. The molecule has 52 valence electrons. The molecule has 1 unspecified atom stereocenters. The second-order valence-electron chi connectivity index (χ2n) is 1.95. The van der Waals surface area contributed by atoms with Crippen molar-refractivity contribution in [1.29, 1.82) is 0 Å². The zero-order valence-electron chi connectivity index (χ0n) is 5.37. The summed E-state index contributed by atoms with van der Waals surface area (Å²) in [7, 11) is -1.50. The van der Waals surface area contributed by atoms with Crippen LogP contribution < -0.4 is 0 Å². The van der Waals surface area contributed by atoms with E-state index in [2.05, 4.69) is 0 Å². The maximum Gasteiger partial charge on any atom is 0.537 e. The summed E-state index contributed by atoms with van der Waals surface area (Å²) in [5.74, 6) is 0. The summed E-state index contributed by atoms with van der Waals surface area (Å²) in [6.07, 6.45) is 1.37. The predicted molar refractivity (Wildman–Crippen MR) is 33.6 cm³/mol. The Hall–Kier alpha value is 0.0200. The molecule has 3 nitrogen and oxygen atoms in total. The molecular formula is C5H10O3P+. The molecule has 0 radical (unpaired) electrons. The van der Waals surface area contributed by atoms with Crippen LogP contribution in [0.5, 0.6) is 0 Å². The van der Waals surface area contributed by atoms with Crippen LogP contribution in [-0.4, -0.2) is 19.1 Å². The van der Waals surface area contributed by atoms with Crippen LogP contribution in [0.1, 0.15) is 13.3 Å². The van der Waals surface area contributed by atoms with Crippen LogP contribution in [-0.2, 0) is 13.8 Å². The van der Waals surface area contributed by atoms with Gasteiger partial charge < -0.3 is 4.74 Å². The minimum Gasteiger partial charge on any atom is -0.329 e. The summed E-state index contributed by atoms with van der Waals surface area (Å²) in [6.45, 7) is 2.51. The Morgan fingerprint density at radius 3 is 3.00 bits per heavy atom. The van der Waals surface area contributed by atoms with Crippen LogP contribution in [0, 0.1) is 0 Å². The molecule has 2 atom stereocenters. The van der Waals surface area contributed by atoms with Gasteiger partial charge in [-0.2, -0.15) is 0 Å². The Morgan fingerprint density at radius 2 is 2.56 bits per heavy atom. The van der Waals surface area contributed by atoms with Gasteiger partial charge in [0.2, 0.25) is 0 Å². The van der Waals surface area contributed by atoms with Crippen molar-refractivity contribution in [3.8, 4) is 0 Å². The van der Waals surface area contributed by atoms with E-state index in [1.807, 2.05) is 6.92 Å². The van der Waals surface area contributed by atoms with Crippen molar-refractivity contribution in [3.63, 3.8) is 0 Å². The molecule has 1 saturated heterocycles. The normalized spacial score (nSPS) is 32.6. The average Bonchev–Trinajstić information content (AvgIpc) is 1.90. The van der Waals surface area contributed by atoms with Crippen LogP contribution in [0.15, 0.2) is 0 Å². The molecule has 0 saturated carbocycles. The molecule has 1 rings (SSSR count). The van der Waals surface area contributed by atoms with E-state index < -0.39 is 8.03 Å². The third kappa shape index (κ3) is 2.01. The van der Waals surface area contributed by atoms with Gasteiger partial charge in [-0.3, -0.25) is 0 Å². The Kier molecular flexibility index (Phi) is 2.58. The van der Waals surface area contributed by atoms with Crippen molar-refractivity contribution in [3.05, 3.63) is 0 Å². The molecule has 1 heterocycles. The van der Waals surface area contributed by atoms with E-state index in [9.17, 15) is 4.57 Å². The van der Waals surface area contributed by atoms with E-state index >= 15 is 0 Å². The third-order valence-electron chi connectivity index (χ3n) is 1.28. The third-order valence-corrected chi connectivity index (χ3v) is 2.07. The van der Waals surface area contributed by atoms with Crippen molar-refractivity contribution < 1.29 is 13.8 Å². The first-order valence-corrected chi connectivity index (χ1v) is 4.38. The first-order chi connectivity index (χ1) is 4.33. The molecule has 1 aliphatic heterocycles. The zero-order valence-corrected chi connectivity index (χ0v) is 6.27. The first kappa shape index (κ1) is 7.13. The highest BCUT2D eigenvalue weighted by molar-refractivity contribution is 7.38. The van der Waals surface area contributed by atoms with Crippen molar-refractivity contribution >= 4 is 8.03 Å². The monoisotopic (exact) mass is 149 g/mol. The van der Waals surface area contributed by atoms with Crippen molar-refractivity contribution in [2.24, 2.45) is 0 Å². The lowest BCUT2D eigenvalue weighted by Gasteiger charge is -2.12. The number of hydrogen-bond donors (Lipinski definition) is 0.